The second-order valence-corrected chi connectivity index (χ2v) is 6.66. The number of amides is 1. The fraction of sp³-hybridized carbons (Fsp3) is 0.647. The summed E-state index contributed by atoms with van der Waals surface area (Å²) in [5.74, 6) is 0.792. The van der Waals surface area contributed by atoms with Gasteiger partial charge in [0.25, 0.3) is 5.56 Å². The number of carbonyl (C=O) groups excluding carboxylic acids is 1. The lowest BCUT2D eigenvalue weighted by Gasteiger charge is -2.35. The van der Waals surface area contributed by atoms with Crippen LogP contribution in [0.4, 0.5) is 5.95 Å². The first-order chi connectivity index (χ1) is 13.0. The number of hydrogen-bond acceptors (Lipinski definition) is 6. The fourth-order valence-electron chi connectivity index (χ4n) is 3.39. The zero-order valence-corrected chi connectivity index (χ0v) is 16.0. The van der Waals surface area contributed by atoms with Crippen molar-refractivity contribution < 1.29 is 9.53 Å². The highest BCUT2D eigenvalue weighted by molar-refractivity contribution is 5.77. The van der Waals surface area contributed by atoms with E-state index in [1.165, 1.54) is 4.57 Å². The van der Waals surface area contributed by atoms with Gasteiger partial charge in [0, 0.05) is 53.3 Å². The van der Waals surface area contributed by atoms with E-state index in [1.54, 1.807) is 18.7 Å². The van der Waals surface area contributed by atoms with Crippen molar-refractivity contribution >= 4 is 23.0 Å². The Morgan fingerprint density at radius 3 is 2.56 bits per heavy atom. The van der Waals surface area contributed by atoms with Gasteiger partial charge < -0.3 is 19.1 Å². The molecule has 3 rings (SSSR count). The van der Waals surface area contributed by atoms with Crippen LogP contribution in [-0.2, 0) is 23.1 Å². The molecule has 10 heteroatoms. The van der Waals surface area contributed by atoms with Crippen LogP contribution in [0.3, 0.4) is 0 Å². The highest BCUT2D eigenvalue weighted by Gasteiger charge is 2.26. The van der Waals surface area contributed by atoms with Gasteiger partial charge in [-0.3, -0.25) is 19.1 Å². The van der Waals surface area contributed by atoms with E-state index in [0.717, 1.165) is 6.42 Å². The number of nitrogens with zero attached hydrogens (tertiary/aromatic N) is 5. The largest absolute Gasteiger partial charge is 0.383 e. The maximum absolute atomic E-state index is 12.4. The molecule has 0 spiro atoms. The lowest BCUT2D eigenvalue weighted by atomic mass is 10.2. The Balaban J connectivity index is 1.96. The Kier molecular flexibility index (Phi) is 5.64. The van der Waals surface area contributed by atoms with Crippen LogP contribution in [0.15, 0.2) is 9.59 Å². The predicted molar refractivity (Wildman–Crippen MR) is 101 cm³/mol. The van der Waals surface area contributed by atoms with Crippen LogP contribution in [0.2, 0.25) is 0 Å². The van der Waals surface area contributed by atoms with Crippen molar-refractivity contribution in [2.45, 2.75) is 26.3 Å². The monoisotopic (exact) mass is 378 g/mol. The molecule has 1 aliphatic heterocycles. The summed E-state index contributed by atoms with van der Waals surface area (Å²) in [4.78, 5) is 47.3. The molecule has 2 aromatic rings. The molecule has 27 heavy (non-hydrogen) atoms. The third-order valence-electron chi connectivity index (χ3n) is 4.89. The van der Waals surface area contributed by atoms with Crippen molar-refractivity contribution in [2.75, 3.05) is 44.8 Å². The average Bonchev–Trinajstić information content (AvgIpc) is 3.05. The van der Waals surface area contributed by atoms with Gasteiger partial charge in [-0.05, 0) is 6.42 Å². The molecule has 0 bridgehead atoms. The minimum atomic E-state index is -0.495. The molecule has 1 N–H and O–H groups in total. The minimum absolute atomic E-state index is 0.170. The van der Waals surface area contributed by atoms with Crippen LogP contribution in [0.5, 0.6) is 0 Å². The van der Waals surface area contributed by atoms with Crippen LogP contribution in [0.1, 0.15) is 19.8 Å². The lowest BCUT2D eigenvalue weighted by Crippen LogP contribution is -2.49. The molecule has 3 heterocycles. The SMILES string of the molecule is CCCC(=O)N1CCN(c2nc3c(c(=O)[nH]c(=O)n3C)n2CCOC)CC1. The predicted octanol–water partition coefficient (Wildman–Crippen LogP) is -0.482. The number of carbonyl (C=O) groups is 1. The Hall–Kier alpha value is -2.62. The van der Waals surface area contributed by atoms with Gasteiger partial charge in [0.05, 0.1) is 6.61 Å². The number of methoxy groups -OCH3 is 1. The van der Waals surface area contributed by atoms with Crippen LogP contribution in [-0.4, -0.2) is 69.8 Å². The molecule has 0 aromatic carbocycles. The second-order valence-electron chi connectivity index (χ2n) is 6.66. The molecule has 1 aliphatic rings. The summed E-state index contributed by atoms with van der Waals surface area (Å²) in [5, 5.41) is 0. The number of aromatic nitrogens is 4. The van der Waals surface area contributed by atoms with E-state index < -0.39 is 11.2 Å². The molecule has 0 unspecified atom stereocenters. The van der Waals surface area contributed by atoms with Crippen molar-refractivity contribution in [3.05, 3.63) is 20.8 Å². The van der Waals surface area contributed by atoms with Gasteiger partial charge in [-0.15, -0.1) is 0 Å². The standard InChI is InChI=1S/C17H26N6O4/c1-4-5-12(24)21-6-8-22(9-7-21)16-18-14-13(23(16)10-11-27-3)15(25)19-17(26)20(14)2/h4-11H2,1-3H3,(H,19,25,26). The van der Waals surface area contributed by atoms with Gasteiger partial charge in [0.15, 0.2) is 11.2 Å². The Morgan fingerprint density at radius 2 is 1.93 bits per heavy atom. The van der Waals surface area contributed by atoms with Gasteiger partial charge in [-0.25, -0.2) is 4.79 Å². The zero-order valence-electron chi connectivity index (χ0n) is 16.0. The number of imidazole rings is 1. The number of rotatable bonds is 6. The number of H-pyrrole nitrogens is 1. The summed E-state index contributed by atoms with van der Waals surface area (Å²) in [7, 11) is 3.18. The first-order valence-electron chi connectivity index (χ1n) is 9.19. The molecule has 148 valence electrons. The van der Waals surface area contributed by atoms with Crippen LogP contribution in [0, 0.1) is 0 Å². The second kappa shape index (κ2) is 7.95. The van der Waals surface area contributed by atoms with Crippen LogP contribution in [0.25, 0.3) is 11.2 Å². The number of nitrogens with one attached hydrogen (secondary N) is 1. The van der Waals surface area contributed by atoms with Crippen molar-refractivity contribution in [1.82, 2.24) is 24.0 Å². The Labute approximate surface area is 156 Å². The lowest BCUT2D eigenvalue weighted by molar-refractivity contribution is -0.131. The van der Waals surface area contributed by atoms with Gasteiger partial charge in [-0.2, -0.15) is 4.98 Å². The minimum Gasteiger partial charge on any atom is -0.383 e. The third kappa shape index (κ3) is 3.61. The van der Waals surface area contributed by atoms with E-state index in [4.69, 9.17) is 4.74 Å². The number of piperazine rings is 1. The summed E-state index contributed by atoms with van der Waals surface area (Å²) >= 11 is 0. The smallest absolute Gasteiger partial charge is 0.329 e. The summed E-state index contributed by atoms with van der Waals surface area (Å²) < 4.78 is 8.31. The molecule has 0 atom stereocenters. The van der Waals surface area contributed by atoms with Gasteiger partial charge in [-0.1, -0.05) is 6.92 Å². The number of hydrogen-bond donors (Lipinski definition) is 1. The highest BCUT2D eigenvalue weighted by atomic mass is 16.5. The normalized spacial score (nSPS) is 14.9. The molecule has 1 saturated heterocycles. The highest BCUT2D eigenvalue weighted by Crippen LogP contribution is 2.21. The van der Waals surface area contributed by atoms with Crippen LogP contribution < -0.4 is 16.1 Å². The Bertz CT molecular complexity index is 935. The van der Waals surface area contributed by atoms with Crippen molar-refractivity contribution in [3.8, 4) is 0 Å². The van der Waals surface area contributed by atoms with E-state index in [2.05, 4.69) is 14.9 Å². The summed E-state index contributed by atoms with van der Waals surface area (Å²) in [5.41, 5.74) is -0.252. The van der Waals surface area contributed by atoms with Crippen molar-refractivity contribution in [1.29, 1.82) is 0 Å². The quantitative estimate of drug-likeness (QED) is 0.728. The Morgan fingerprint density at radius 1 is 1.22 bits per heavy atom. The molecular formula is C17H26N6O4. The zero-order chi connectivity index (χ0) is 19.6. The number of anilines is 1. The fourth-order valence-corrected chi connectivity index (χ4v) is 3.39. The number of ether oxygens (including phenoxy) is 1. The molecule has 0 radical (unpaired) electrons. The number of fused-ring (bicyclic) bond motifs is 1. The topological polar surface area (TPSA) is 105 Å². The molecule has 1 amide bonds. The molecular weight excluding hydrogens is 352 g/mol. The molecule has 10 nitrogen and oxygen atoms in total. The summed E-state index contributed by atoms with van der Waals surface area (Å²) in [6.07, 6.45) is 1.40. The third-order valence-corrected chi connectivity index (χ3v) is 4.89. The van der Waals surface area contributed by atoms with Crippen LogP contribution >= 0.6 is 0 Å². The van der Waals surface area contributed by atoms with Gasteiger partial charge in [0.1, 0.15) is 0 Å². The first kappa shape index (κ1) is 19.2. The maximum atomic E-state index is 12.4. The summed E-state index contributed by atoms with van der Waals surface area (Å²) in [6.45, 7) is 5.32. The number of aromatic amines is 1. The number of aryl methyl sites for hydroxylation is 1. The van der Waals surface area contributed by atoms with E-state index in [0.29, 0.717) is 62.9 Å². The van der Waals surface area contributed by atoms with Crippen molar-refractivity contribution in [3.63, 3.8) is 0 Å². The molecule has 0 aliphatic carbocycles. The van der Waals surface area contributed by atoms with E-state index in [-0.39, 0.29) is 5.91 Å². The van der Waals surface area contributed by atoms with Gasteiger partial charge in [0.2, 0.25) is 11.9 Å². The van der Waals surface area contributed by atoms with Gasteiger partial charge >= 0.3 is 5.69 Å². The van der Waals surface area contributed by atoms with E-state index in [1.807, 2.05) is 11.8 Å². The van der Waals surface area contributed by atoms with E-state index >= 15 is 0 Å². The molecule has 2 aromatic heterocycles. The average molecular weight is 378 g/mol. The summed E-state index contributed by atoms with van der Waals surface area (Å²) in [6, 6.07) is 0. The maximum Gasteiger partial charge on any atom is 0.329 e. The molecule has 0 saturated carbocycles. The molecule has 1 fully saturated rings. The first-order valence-corrected chi connectivity index (χ1v) is 9.19. The van der Waals surface area contributed by atoms with Crippen molar-refractivity contribution in [2.24, 2.45) is 7.05 Å². The van der Waals surface area contributed by atoms with E-state index in [9.17, 15) is 14.4 Å².